The molecule has 31 heavy (non-hydrogen) atoms. The molecule has 2 amide bonds. The van der Waals surface area contributed by atoms with Crippen molar-refractivity contribution in [2.45, 2.75) is 44.8 Å². The quantitative estimate of drug-likeness (QED) is 0.309. The number of aromatic nitrogens is 2. The summed E-state index contributed by atoms with van der Waals surface area (Å²) in [6.07, 6.45) is 4.36. The molecule has 3 aromatic rings. The van der Waals surface area contributed by atoms with Crippen LogP contribution in [0.4, 0.5) is 5.00 Å². The number of primary amides is 1. The van der Waals surface area contributed by atoms with E-state index in [1.54, 1.807) is 10.6 Å². The van der Waals surface area contributed by atoms with E-state index in [1.807, 2.05) is 13.8 Å². The Labute approximate surface area is 191 Å². The summed E-state index contributed by atoms with van der Waals surface area (Å²) >= 11 is 4.09. The Morgan fingerprint density at radius 1 is 1.32 bits per heavy atom. The number of thioether (sulfide) groups is 1. The van der Waals surface area contributed by atoms with Gasteiger partial charge in [-0.05, 0) is 44.2 Å². The number of nitrogens with zero attached hydrogens (tertiary/aromatic N) is 2. The van der Waals surface area contributed by atoms with Gasteiger partial charge < -0.3 is 11.1 Å². The molecule has 1 aliphatic carbocycles. The maximum atomic E-state index is 13.0. The number of rotatable bonds is 7. The SMILES string of the molecule is C=CCn1c(SCC(=O)Nc2sc3c(c2C(N)=O)CCC3)nc2sc(C)c(C)c2c1=O. The van der Waals surface area contributed by atoms with Crippen molar-refractivity contribution in [2.24, 2.45) is 5.73 Å². The maximum Gasteiger partial charge on any atom is 0.263 e. The lowest BCUT2D eigenvalue weighted by molar-refractivity contribution is -0.113. The lowest BCUT2D eigenvalue weighted by atomic mass is 10.1. The van der Waals surface area contributed by atoms with Crippen molar-refractivity contribution >= 4 is 61.5 Å². The first kappa shape index (κ1) is 21.8. The van der Waals surface area contributed by atoms with Crippen LogP contribution in [-0.2, 0) is 24.2 Å². The molecule has 0 saturated heterocycles. The number of allylic oxidation sites excluding steroid dienone is 1. The van der Waals surface area contributed by atoms with Gasteiger partial charge in [-0.1, -0.05) is 17.8 Å². The van der Waals surface area contributed by atoms with E-state index in [0.717, 1.165) is 40.1 Å². The molecule has 0 fully saturated rings. The molecule has 0 aliphatic heterocycles. The van der Waals surface area contributed by atoms with Crippen LogP contribution in [0, 0.1) is 13.8 Å². The van der Waals surface area contributed by atoms with Gasteiger partial charge in [0.05, 0.1) is 16.7 Å². The van der Waals surface area contributed by atoms with Gasteiger partial charge in [0, 0.05) is 16.3 Å². The predicted molar refractivity (Wildman–Crippen MR) is 128 cm³/mol. The molecule has 7 nitrogen and oxygen atoms in total. The summed E-state index contributed by atoms with van der Waals surface area (Å²) in [5, 5.41) is 4.44. The number of carbonyl (C=O) groups is 2. The molecule has 0 aromatic carbocycles. The van der Waals surface area contributed by atoms with Gasteiger partial charge in [0.2, 0.25) is 5.91 Å². The van der Waals surface area contributed by atoms with Crippen molar-refractivity contribution < 1.29 is 9.59 Å². The van der Waals surface area contributed by atoms with Crippen LogP contribution in [-0.4, -0.2) is 27.1 Å². The third-order valence-corrected chi connectivity index (χ3v) is 8.60. The Bertz CT molecular complexity index is 1290. The molecule has 3 heterocycles. The average molecular weight is 475 g/mol. The molecule has 1 aliphatic rings. The van der Waals surface area contributed by atoms with E-state index in [9.17, 15) is 14.4 Å². The second-order valence-electron chi connectivity index (χ2n) is 7.32. The van der Waals surface area contributed by atoms with Crippen LogP contribution in [0.2, 0.25) is 0 Å². The fourth-order valence-electron chi connectivity index (χ4n) is 3.75. The Morgan fingerprint density at radius 2 is 2.10 bits per heavy atom. The monoisotopic (exact) mass is 474 g/mol. The van der Waals surface area contributed by atoms with E-state index < -0.39 is 5.91 Å². The van der Waals surface area contributed by atoms with Crippen LogP contribution >= 0.6 is 34.4 Å². The molecule has 0 saturated carbocycles. The van der Waals surface area contributed by atoms with Crippen molar-refractivity contribution in [1.29, 1.82) is 0 Å². The first-order valence-electron chi connectivity index (χ1n) is 9.80. The van der Waals surface area contributed by atoms with E-state index in [4.69, 9.17) is 5.73 Å². The number of amides is 2. The summed E-state index contributed by atoms with van der Waals surface area (Å²) < 4.78 is 1.54. The number of anilines is 1. The third-order valence-electron chi connectivity index (χ3n) is 5.32. The molecule has 3 aromatic heterocycles. The number of aryl methyl sites for hydroxylation is 3. The minimum atomic E-state index is -0.516. The van der Waals surface area contributed by atoms with E-state index in [0.29, 0.717) is 32.5 Å². The van der Waals surface area contributed by atoms with Crippen molar-refractivity contribution in [3.63, 3.8) is 0 Å². The minimum absolute atomic E-state index is 0.0548. The van der Waals surface area contributed by atoms with Gasteiger partial charge in [-0.15, -0.1) is 29.3 Å². The van der Waals surface area contributed by atoms with Gasteiger partial charge in [-0.25, -0.2) is 4.98 Å². The fraction of sp³-hybridized carbons (Fsp3) is 0.333. The van der Waals surface area contributed by atoms with Crippen LogP contribution in [0.3, 0.4) is 0 Å². The number of hydrogen-bond donors (Lipinski definition) is 2. The average Bonchev–Trinajstić information content (AvgIpc) is 3.36. The van der Waals surface area contributed by atoms with Crippen LogP contribution in [0.15, 0.2) is 22.6 Å². The molecule has 10 heteroatoms. The summed E-state index contributed by atoms with van der Waals surface area (Å²) in [6.45, 7) is 7.93. The third kappa shape index (κ3) is 3.95. The second kappa shape index (κ2) is 8.60. The number of nitrogens with two attached hydrogens (primary N) is 1. The molecule has 0 bridgehead atoms. The summed E-state index contributed by atoms with van der Waals surface area (Å²) in [7, 11) is 0. The molecule has 4 rings (SSSR count). The molecule has 3 N–H and O–H groups in total. The summed E-state index contributed by atoms with van der Waals surface area (Å²) in [4.78, 5) is 45.1. The standard InChI is InChI=1S/C21H22N4O3S3/c1-4-8-25-20(28)15-10(2)11(3)30-18(15)24-21(25)29-9-14(26)23-19-16(17(22)27)12-6-5-7-13(12)31-19/h4H,1,5-9H2,2-3H3,(H2,22,27)(H,23,26). The maximum absolute atomic E-state index is 13.0. The van der Waals surface area contributed by atoms with Gasteiger partial charge in [-0.2, -0.15) is 0 Å². The zero-order chi connectivity index (χ0) is 22.3. The van der Waals surface area contributed by atoms with Crippen molar-refractivity contribution in [3.05, 3.63) is 49.5 Å². The summed E-state index contributed by atoms with van der Waals surface area (Å²) in [6, 6.07) is 0. The first-order chi connectivity index (χ1) is 14.8. The molecule has 162 valence electrons. The Hall–Kier alpha value is -2.43. The van der Waals surface area contributed by atoms with Gasteiger partial charge in [0.1, 0.15) is 9.83 Å². The first-order valence-corrected chi connectivity index (χ1v) is 12.4. The van der Waals surface area contributed by atoms with Crippen LogP contribution in [0.25, 0.3) is 10.2 Å². The van der Waals surface area contributed by atoms with Gasteiger partial charge in [-0.3, -0.25) is 19.0 Å². The molecular formula is C21H22N4O3S3. The van der Waals surface area contributed by atoms with E-state index >= 15 is 0 Å². The Morgan fingerprint density at radius 3 is 2.81 bits per heavy atom. The minimum Gasteiger partial charge on any atom is -0.365 e. The molecule has 0 spiro atoms. The zero-order valence-corrected chi connectivity index (χ0v) is 19.7. The zero-order valence-electron chi connectivity index (χ0n) is 17.2. The second-order valence-corrected chi connectivity index (χ2v) is 10.6. The Kier molecular flexibility index (Phi) is 6.05. The molecule has 0 unspecified atom stereocenters. The topological polar surface area (TPSA) is 107 Å². The van der Waals surface area contributed by atoms with E-state index in [1.165, 1.54) is 34.4 Å². The van der Waals surface area contributed by atoms with Gasteiger partial charge in [0.15, 0.2) is 5.16 Å². The highest BCUT2D eigenvalue weighted by molar-refractivity contribution is 7.99. The fourth-order valence-corrected chi connectivity index (χ4v) is 6.94. The molecular weight excluding hydrogens is 452 g/mol. The van der Waals surface area contributed by atoms with Crippen molar-refractivity contribution in [2.75, 3.05) is 11.1 Å². The number of fused-ring (bicyclic) bond motifs is 2. The molecule has 0 radical (unpaired) electrons. The largest absolute Gasteiger partial charge is 0.365 e. The van der Waals surface area contributed by atoms with Crippen LogP contribution < -0.4 is 16.6 Å². The number of thiophene rings is 2. The van der Waals surface area contributed by atoms with Crippen molar-refractivity contribution in [3.8, 4) is 0 Å². The lowest BCUT2D eigenvalue weighted by Crippen LogP contribution is -2.24. The highest BCUT2D eigenvalue weighted by atomic mass is 32.2. The van der Waals surface area contributed by atoms with Gasteiger partial charge >= 0.3 is 0 Å². The van der Waals surface area contributed by atoms with Crippen molar-refractivity contribution in [1.82, 2.24) is 9.55 Å². The van der Waals surface area contributed by atoms with Gasteiger partial charge in [0.25, 0.3) is 11.5 Å². The number of carbonyl (C=O) groups excluding carboxylic acids is 2. The predicted octanol–water partition coefficient (Wildman–Crippen LogP) is 3.64. The normalized spacial score (nSPS) is 12.8. The van der Waals surface area contributed by atoms with E-state index in [-0.39, 0.29) is 17.2 Å². The van der Waals surface area contributed by atoms with Crippen LogP contribution in [0.5, 0.6) is 0 Å². The van der Waals surface area contributed by atoms with Crippen LogP contribution in [0.1, 0.15) is 37.7 Å². The molecule has 0 atom stereocenters. The smallest absolute Gasteiger partial charge is 0.263 e. The number of nitrogens with one attached hydrogen (secondary N) is 1. The summed E-state index contributed by atoms with van der Waals surface area (Å²) in [5.74, 6) is -0.734. The highest BCUT2D eigenvalue weighted by Crippen LogP contribution is 2.39. The Balaban J connectivity index is 1.58. The number of hydrogen-bond acceptors (Lipinski definition) is 7. The lowest BCUT2D eigenvalue weighted by Gasteiger charge is -2.10. The van der Waals surface area contributed by atoms with E-state index in [2.05, 4.69) is 16.9 Å². The summed E-state index contributed by atoms with van der Waals surface area (Å²) in [5.41, 5.74) is 7.78. The highest BCUT2D eigenvalue weighted by Gasteiger charge is 2.26.